The molecule has 2 aromatic rings. The Kier molecular flexibility index (Phi) is 2.70. The number of aryl methyl sites for hydroxylation is 1. The minimum absolute atomic E-state index is 0.168. The molecule has 0 spiro atoms. The molecule has 0 saturated heterocycles. The Morgan fingerprint density at radius 2 is 2.00 bits per heavy atom. The van der Waals surface area contributed by atoms with Crippen LogP contribution in [0.4, 0.5) is 5.95 Å². The number of nitrogens with two attached hydrogens (primary N) is 1. The molecule has 2 rings (SSSR count). The first-order valence-electron chi connectivity index (χ1n) is 4.94. The average molecular weight is 232 g/mol. The third-order valence-electron chi connectivity index (χ3n) is 2.17. The zero-order valence-electron chi connectivity index (χ0n) is 9.21. The van der Waals surface area contributed by atoms with E-state index in [0.717, 1.165) is 5.56 Å². The molecule has 6 heteroatoms. The van der Waals surface area contributed by atoms with Crippen molar-refractivity contribution in [2.75, 3.05) is 5.73 Å². The van der Waals surface area contributed by atoms with E-state index < -0.39 is 0 Å². The van der Waals surface area contributed by atoms with Crippen LogP contribution in [-0.2, 0) is 0 Å². The molecule has 0 fully saturated rings. The van der Waals surface area contributed by atoms with Gasteiger partial charge in [-0.05, 0) is 19.1 Å². The van der Waals surface area contributed by atoms with Crippen molar-refractivity contribution in [3.8, 4) is 11.6 Å². The molecule has 0 aliphatic rings. The lowest BCUT2D eigenvalue weighted by molar-refractivity contribution is 0.172. The lowest BCUT2D eigenvalue weighted by Gasteiger charge is -2.07. The monoisotopic (exact) mass is 232 g/mol. The van der Waals surface area contributed by atoms with Crippen molar-refractivity contribution >= 4 is 5.95 Å². The summed E-state index contributed by atoms with van der Waals surface area (Å²) >= 11 is 0. The summed E-state index contributed by atoms with van der Waals surface area (Å²) in [6.45, 7) is 1.97. The fourth-order valence-corrected chi connectivity index (χ4v) is 1.27. The van der Waals surface area contributed by atoms with Gasteiger partial charge in [0.15, 0.2) is 5.49 Å². The van der Waals surface area contributed by atoms with Gasteiger partial charge < -0.3 is 15.7 Å². The number of nitrogens with zero attached hydrogens (tertiary/aromatic N) is 2. The molecule has 0 saturated carbocycles. The van der Waals surface area contributed by atoms with Crippen LogP contribution in [-0.4, -0.2) is 14.9 Å². The summed E-state index contributed by atoms with van der Waals surface area (Å²) in [6.07, 6.45) is 0. The van der Waals surface area contributed by atoms with Gasteiger partial charge in [-0.25, -0.2) is 0 Å². The molecule has 0 aliphatic carbocycles. The molecule has 0 unspecified atom stereocenters. The second-order valence-electron chi connectivity index (χ2n) is 3.56. The second kappa shape index (κ2) is 4.17. The number of rotatable bonds is 2. The van der Waals surface area contributed by atoms with Crippen LogP contribution in [0.25, 0.3) is 0 Å². The van der Waals surface area contributed by atoms with Gasteiger partial charge in [-0.15, -0.1) is 4.73 Å². The van der Waals surface area contributed by atoms with E-state index in [1.807, 2.05) is 19.1 Å². The Labute approximate surface area is 97.4 Å². The first kappa shape index (κ1) is 11.0. The van der Waals surface area contributed by atoms with Gasteiger partial charge in [0.1, 0.15) is 5.75 Å². The Bertz CT molecular complexity index is 589. The minimum atomic E-state index is -0.195. The summed E-state index contributed by atoms with van der Waals surface area (Å²) in [7, 11) is 0. The Morgan fingerprint density at radius 1 is 1.35 bits per heavy atom. The first-order chi connectivity index (χ1) is 8.06. The summed E-state index contributed by atoms with van der Waals surface area (Å²) in [4.78, 5) is 3.80. The molecular formula is C11H12N4O2. The van der Waals surface area contributed by atoms with Crippen molar-refractivity contribution in [3.63, 3.8) is 0 Å². The van der Waals surface area contributed by atoms with Gasteiger partial charge in [0, 0.05) is 6.07 Å². The largest absolute Gasteiger partial charge is 0.439 e. The summed E-state index contributed by atoms with van der Waals surface area (Å²) in [5.74, 6) is 0.568. The van der Waals surface area contributed by atoms with Crippen LogP contribution in [0.2, 0.25) is 0 Å². The van der Waals surface area contributed by atoms with Crippen molar-refractivity contribution in [2.45, 2.75) is 6.92 Å². The Hall–Kier alpha value is -2.50. The topological polar surface area (TPSA) is 97.1 Å². The van der Waals surface area contributed by atoms with Crippen LogP contribution in [0.15, 0.2) is 30.3 Å². The van der Waals surface area contributed by atoms with Crippen molar-refractivity contribution in [1.29, 1.82) is 5.41 Å². The molecule has 0 amide bonds. The van der Waals surface area contributed by atoms with E-state index in [9.17, 15) is 5.21 Å². The van der Waals surface area contributed by atoms with E-state index in [2.05, 4.69) is 4.98 Å². The van der Waals surface area contributed by atoms with E-state index in [-0.39, 0.29) is 17.3 Å². The molecule has 4 N–H and O–H groups in total. The zero-order valence-corrected chi connectivity index (χ0v) is 9.21. The van der Waals surface area contributed by atoms with E-state index in [0.29, 0.717) is 10.5 Å². The fourth-order valence-electron chi connectivity index (χ4n) is 1.27. The maximum Gasteiger partial charge on any atom is 0.239 e. The average Bonchev–Trinajstić information content (AvgIpc) is 2.29. The molecule has 1 aromatic carbocycles. The third-order valence-corrected chi connectivity index (χ3v) is 2.17. The minimum Gasteiger partial charge on any atom is -0.439 e. The molecule has 1 aromatic heterocycles. The van der Waals surface area contributed by atoms with Gasteiger partial charge in [0.2, 0.25) is 11.8 Å². The maximum atomic E-state index is 9.22. The highest BCUT2D eigenvalue weighted by Gasteiger charge is 2.04. The van der Waals surface area contributed by atoms with Crippen molar-refractivity contribution in [2.24, 2.45) is 0 Å². The molecule has 88 valence electrons. The third kappa shape index (κ3) is 2.36. The standard InChI is InChI=1S/C11H12N4O2/c1-7-2-4-8(5-3-7)17-10-6-9(12)15(16)11(13)14-10/h2-6,12,16H,1H3,(H2,13,14). The van der Waals surface area contributed by atoms with E-state index in [1.54, 1.807) is 12.1 Å². The highest BCUT2D eigenvalue weighted by molar-refractivity contribution is 5.31. The number of hydrogen-bond acceptors (Lipinski definition) is 5. The highest BCUT2D eigenvalue weighted by atomic mass is 16.5. The maximum absolute atomic E-state index is 9.22. The normalized spacial score (nSPS) is 10.2. The number of hydrogen-bond donors (Lipinski definition) is 3. The van der Waals surface area contributed by atoms with Gasteiger partial charge in [0.25, 0.3) is 0 Å². The van der Waals surface area contributed by atoms with Gasteiger partial charge in [-0.2, -0.15) is 4.98 Å². The highest BCUT2D eigenvalue weighted by Crippen LogP contribution is 2.18. The molecule has 1 heterocycles. The quantitative estimate of drug-likeness (QED) is 0.679. The summed E-state index contributed by atoms with van der Waals surface area (Å²) < 4.78 is 5.89. The lowest BCUT2D eigenvalue weighted by atomic mass is 10.2. The molecule has 17 heavy (non-hydrogen) atoms. The van der Waals surface area contributed by atoms with Crippen molar-refractivity contribution in [3.05, 3.63) is 41.4 Å². The van der Waals surface area contributed by atoms with Gasteiger partial charge in [-0.3, -0.25) is 5.41 Å². The van der Waals surface area contributed by atoms with Crippen LogP contribution in [0.1, 0.15) is 5.56 Å². The summed E-state index contributed by atoms with van der Waals surface area (Å²) in [6, 6.07) is 8.65. The number of nitrogen functional groups attached to an aromatic ring is 1. The van der Waals surface area contributed by atoms with Gasteiger partial charge in [0.05, 0.1) is 0 Å². The van der Waals surface area contributed by atoms with Crippen molar-refractivity contribution < 1.29 is 9.94 Å². The molecule has 0 atom stereocenters. The Balaban J connectivity index is 2.30. The predicted octanol–water partition coefficient (Wildman–Crippen LogP) is 1.28. The molecule has 6 nitrogen and oxygen atoms in total. The van der Waals surface area contributed by atoms with Crippen LogP contribution < -0.4 is 16.0 Å². The molecule has 0 bridgehead atoms. The Morgan fingerprint density at radius 3 is 2.59 bits per heavy atom. The molecule has 0 aliphatic heterocycles. The molecular weight excluding hydrogens is 220 g/mol. The predicted molar refractivity (Wildman–Crippen MR) is 60.9 cm³/mol. The lowest BCUT2D eigenvalue weighted by Crippen LogP contribution is -2.21. The number of nitrogens with one attached hydrogen (secondary N) is 1. The number of benzene rings is 1. The SMILES string of the molecule is Cc1ccc(Oc2cc(=N)n(O)c(N)n2)cc1. The number of aromatic nitrogens is 2. The summed E-state index contributed by atoms with van der Waals surface area (Å²) in [5, 5.41) is 16.6. The second-order valence-corrected chi connectivity index (χ2v) is 3.56. The molecule has 0 radical (unpaired) electrons. The number of ether oxygens (including phenoxy) is 1. The van der Waals surface area contributed by atoms with Gasteiger partial charge >= 0.3 is 0 Å². The van der Waals surface area contributed by atoms with Crippen LogP contribution in [0, 0.1) is 12.3 Å². The van der Waals surface area contributed by atoms with Crippen LogP contribution >= 0.6 is 0 Å². The fraction of sp³-hybridized carbons (Fsp3) is 0.0909. The number of anilines is 1. The van der Waals surface area contributed by atoms with E-state index in [1.165, 1.54) is 6.07 Å². The van der Waals surface area contributed by atoms with Crippen molar-refractivity contribution in [1.82, 2.24) is 9.71 Å². The first-order valence-corrected chi connectivity index (χ1v) is 4.94. The zero-order chi connectivity index (χ0) is 12.4. The van der Waals surface area contributed by atoms with E-state index in [4.69, 9.17) is 15.9 Å². The van der Waals surface area contributed by atoms with E-state index >= 15 is 0 Å². The smallest absolute Gasteiger partial charge is 0.239 e. The van der Waals surface area contributed by atoms with Crippen LogP contribution in [0.5, 0.6) is 11.6 Å². The van der Waals surface area contributed by atoms with Crippen LogP contribution in [0.3, 0.4) is 0 Å². The summed E-state index contributed by atoms with van der Waals surface area (Å²) in [5.41, 5.74) is 6.32. The van der Waals surface area contributed by atoms with Gasteiger partial charge in [-0.1, -0.05) is 17.7 Å².